The van der Waals surface area contributed by atoms with Crippen molar-refractivity contribution in [2.45, 2.75) is 13.0 Å². The summed E-state index contributed by atoms with van der Waals surface area (Å²) in [5.41, 5.74) is 4.13. The van der Waals surface area contributed by atoms with Gasteiger partial charge >= 0.3 is 0 Å². The molecule has 0 unspecified atom stereocenters. The summed E-state index contributed by atoms with van der Waals surface area (Å²) in [6.07, 6.45) is 4.25. The maximum Gasteiger partial charge on any atom is 0.221 e. The van der Waals surface area contributed by atoms with Crippen molar-refractivity contribution >= 4 is 17.4 Å². The molecule has 1 aliphatic rings. The molecule has 7 heteroatoms. The first kappa shape index (κ1) is 16.5. The smallest absolute Gasteiger partial charge is 0.221 e. The predicted octanol–water partition coefficient (Wildman–Crippen LogP) is 1.76. The fraction of sp³-hybridized carbons (Fsp3) is 0.316. The van der Waals surface area contributed by atoms with Gasteiger partial charge in [-0.2, -0.15) is 5.10 Å². The van der Waals surface area contributed by atoms with Gasteiger partial charge in [-0.1, -0.05) is 18.2 Å². The average molecular weight is 350 g/mol. The zero-order chi connectivity index (χ0) is 17.9. The molecule has 0 radical (unpaired) electrons. The van der Waals surface area contributed by atoms with Gasteiger partial charge in [0.1, 0.15) is 5.82 Å². The lowest BCUT2D eigenvalue weighted by molar-refractivity contribution is -0.121. The second kappa shape index (κ2) is 7.13. The van der Waals surface area contributed by atoms with Crippen molar-refractivity contribution < 1.29 is 4.79 Å². The van der Waals surface area contributed by atoms with Crippen LogP contribution in [0.2, 0.25) is 0 Å². The first-order chi connectivity index (χ1) is 12.7. The number of nitrogens with one attached hydrogen (secondary N) is 2. The normalized spacial score (nSPS) is 16.4. The summed E-state index contributed by atoms with van der Waals surface area (Å²) in [6, 6.07) is 10.3. The van der Waals surface area contributed by atoms with E-state index in [4.69, 9.17) is 4.98 Å². The minimum atomic E-state index is 0.0704. The maximum absolute atomic E-state index is 12.0. The first-order valence-corrected chi connectivity index (χ1v) is 8.82. The highest BCUT2D eigenvalue weighted by atomic mass is 16.1. The highest BCUT2D eigenvalue weighted by Gasteiger charge is 2.11. The van der Waals surface area contributed by atoms with Gasteiger partial charge in [-0.05, 0) is 30.3 Å². The summed E-state index contributed by atoms with van der Waals surface area (Å²) in [5.74, 6) is 0.845. The maximum atomic E-state index is 12.0. The summed E-state index contributed by atoms with van der Waals surface area (Å²) >= 11 is 0. The number of carbonyl (C=O) groups excluding carboxylic acids is 1. The summed E-state index contributed by atoms with van der Waals surface area (Å²) in [6.45, 7) is 2.72. The van der Waals surface area contributed by atoms with Gasteiger partial charge in [0.15, 0.2) is 5.65 Å². The quantitative estimate of drug-likeness (QED) is 0.646. The minimum Gasteiger partial charge on any atom is -0.368 e. The molecule has 0 atom stereocenters. The van der Waals surface area contributed by atoms with Crippen LogP contribution in [-0.4, -0.2) is 52.1 Å². The number of amides is 1. The number of hydrogen-bond acceptors (Lipinski definition) is 5. The van der Waals surface area contributed by atoms with Crippen molar-refractivity contribution in [3.8, 4) is 11.1 Å². The van der Waals surface area contributed by atoms with Crippen molar-refractivity contribution in [1.82, 2.24) is 24.8 Å². The Bertz CT molecular complexity index is 935. The van der Waals surface area contributed by atoms with Gasteiger partial charge in [0.05, 0.1) is 6.20 Å². The molecule has 0 spiro atoms. The molecule has 3 heterocycles. The van der Waals surface area contributed by atoms with Crippen LogP contribution in [0.3, 0.4) is 0 Å². The number of fused-ring (bicyclic) bond motifs is 4. The van der Waals surface area contributed by atoms with E-state index in [9.17, 15) is 4.79 Å². The van der Waals surface area contributed by atoms with E-state index in [-0.39, 0.29) is 5.91 Å². The van der Waals surface area contributed by atoms with Crippen molar-refractivity contribution in [1.29, 1.82) is 0 Å². The van der Waals surface area contributed by atoms with Crippen molar-refractivity contribution in [2.24, 2.45) is 0 Å². The van der Waals surface area contributed by atoms with E-state index in [0.29, 0.717) is 19.5 Å². The molecular weight excluding hydrogens is 328 g/mol. The van der Waals surface area contributed by atoms with E-state index in [2.05, 4.69) is 44.9 Å². The Morgan fingerprint density at radius 3 is 2.96 bits per heavy atom. The van der Waals surface area contributed by atoms with Gasteiger partial charge in [0.25, 0.3) is 0 Å². The minimum absolute atomic E-state index is 0.0704. The zero-order valence-corrected chi connectivity index (χ0v) is 14.8. The SMILES string of the molecule is CN1CCC(=O)NCCNc2ccn3ncc(c3n2)-c2cccc(c2)C1. The van der Waals surface area contributed by atoms with E-state index in [1.165, 1.54) is 5.56 Å². The van der Waals surface area contributed by atoms with Gasteiger partial charge in [0, 0.05) is 44.4 Å². The number of benzene rings is 1. The molecule has 4 rings (SSSR count). The van der Waals surface area contributed by atoms with Gasteiger partial charge in [-0.25, -0.2) is 9.50 Å². The molecule has 7 nitrogen and oxygen atoms in total. The summed E-state index contributed by atoms with van der Waals surface area (Å²) in [4.78, 5) is 18.8. The summed E-state index contributed by atoms with van der Waals surface area (Å²) in [7, 11) is 2.04. The Morgan fingerprint density at radius 2 is 2.04 bits per heavy atom. The molecule has 0 aliphatic carbocycles. The topological polar surface area (TPSA) is 74.6 Å². The largest absolute Gasteiger partial charge is 0.368 e. The molecule has 1 aliphatic heterocycles. The number of rotatable bonds is 0. The van der Waals surface area contributed by atoms with Crippen LogP contribution in [0.4, 0.5) is 5.82 Å². The second-order valence-electron chi connectivity index (χ2n) is 6.60. The molecule has 1 aromatic carbocycles. The molecule has 0 fully saturated rings. The van der Waals surface area contributed by atoms with Crippen LogP contribution >= 0.6 is 0 Å². The predicted molar refractivity (Wildman–Crippen MR) is 101 cm³/mol. The molecular formula is C19H22N6O. The van der Waals surface area contributed by atoms with Crippen molar-refractivity contribution in [2.75, 3.05) is 32.0 Å². The first-order valence-electron chi connectivity index (χ1n) is 8.82. The lowest BCUT2D eigenvalue weighted by Crippen LogP contribution is -2.32. The van der Waals surface area contributed by atoms with Crippen LogP contribution < -0.4 is 10.6 Å². The third-order valence-electron chi connectivity index (χ3n) is 4.53. The van der Waals surface area contributed by atoms with E-state index in [1.807, 2.05) is 25.5 Å². The molecule has 4 bridgehead atoms. The summed E-state index contributed by atoms with van der Waals surface area (Å²) in [5, 5.41) is 10.6. The van der Waals surface area contributed by atoms with Gasteiger partial charge in [-0.15, -0.1) is 0 Å². The average Bonchev–Trinajstić information content (AvgIpc) is 3.06. The number of carbonyl (C=O) groups is 1. The standard InChI is InChI=1S/C19H22N6O/c1-24-9-6-18(26)21-8-7-20-17-5-10-25-19(23-17)16(12-22-25)15-4-2-3-14(11-15)13-24/h2-5,10-12H,6-9,13H2,1H3,(H,20,23)(H,21,26). The van der Waals surface area contributed by atoms with Gasteiger partial charge < -0.3 is 15.5 Å². The monoisotopic (exact) mass is 350 g/mol. The number of anilines is 1. The molecule has 134 valence electrons. The third kappa shape index (κ3) is 3.52. The van der Waals surface area contributed by atoms with E-state index in [1.54, 1.807) is 4.52 Å². The van der Waals surface area contributed by atoms with E-state index in [0.717, 1.165) is 35.7 Å². The number of hydrogen-bond donors (Lipinski definition) is 2. The highest BCUT2D eigenvalue weighted by Crippen LogP contribution is 2.25. The second-order valence-corrected chi connectivity index (χ2v) is 6.60. The van der Waals surface area contributed by atoms with Gasteiger partial charge in [0.2, 0.25) is 5.91 Å². The van der Waals surface area contributed by atoms with Gasteiger partial charge in [-0.3, -0.25) is 4.79 Å². The molecule has 0 saturated heterocycles. The Hall–Kier alpha value is -2.93. The molecule has 2 N–H and O–H groups in total. The third-order valence-corrected chi connectivity index (χ3v) is 4.53. The van der Waals surface area contributed by atoms with Crippen LogP contribution in [0.15, 0.2) is 42.7 Å². The molecule has 26 heavy (non-hydrogen) atoms. The lowest BCUT2D eigenvalue weighted by atomic mass is 10.1. The molecule has 0 saturated carbocycles. The van der Waals surface area contributed by atoms with Crippen LogP contribution in [0.1, 0.15) is 12.0 Å². The zero-order valence-electron chi connectivity index (χ0n) is 14.8. The van der Waals surface area contributed by atoms with Crippen molar-refractivity contribution in [3.05, 3.63) is 48.3 Å². The Labute approximate surface area is 152 Å². The van der Waals surface area contributed by atoms with Crippen LogP contribution in [0.25, 0.3) is 16.8 Å². The molecule has 1 amide bonds. The van der Waals surface area contributed by atoms with Crippen LogP contribution in [0.5, 0.6) is 0 Å². The van der Waals surface area contributed by atoms with E-state index < -0.39 is 0 Å². The Morgan fingerprint density at radius 1 is 1.15 bits per heavy atom. The Kier molecular flexibility index (Phi) is 4.53. The number of aromatic nitrogens is 3. The fourth-order valence-electron chi connectivity index (χ4n) is 3.17. The van der Waals surface area contributed by atoms with Crippen molar-refractivity contribution in [3.63, 3.8) is 0 Å². The van der Waals surface area contributed by atoms with E-state index >= 15 is 0 Å². The number of nitrogens with zero attached hydrogens (tertiary/aromatic N) is 4. The summed E-state index contributed by atoms with van der Waals surface area (Å²) < 4.78 is 1.78. The van der Waals surface area contributed by atoms with Crippen LogP contribution in [0, 0.1) is 0 Å². The lowest BCUT2D eigenvalue weighted by Gasteiger charge is -2.17. The highest BCUT2D eigenvalue weighted by molar-refractivity contribution is 5.78. The molecule has 3 aromatic rings. The Balaban J connectivity index is 1.74. The fourth-order valence-corrected chi connectivity index (χ4v) is 3.17. The molecule has 2 aromatic heterocycles. The van der Waals surface area contributed by atoms with Crippen LogP contribution in [-0.2, 0) is 11.3 Å².